The fraction of sp³-hybridized carbons (Fsp3) is 0.421. The van der Waals surface area contributed by atoms with Gasteiger partial charge in [0.1, 0.15) is 0 Å². The fourth-order valence-electron chi connectivity index (χ4n) is 5.08. The molecular weight excluding hydrogens is 334 g/mol. The summed E-state index contributed by atoms with van der Waals surface area (Å²) in [5.41, 5.74) is 1.03. The van der Waals surface area contributed by atoms with Crippen LogP contribution in [0.3, 0.4) is 0 Å². The maximum absolute atomic E-state index is 12.8. The van der Waals surface area contributed by atoms with Crippen molar-refractivity contribution in [2.24, 2.45) is 40.6 Å². The van der Waals surface area contributed by atoms with E-state index >= 15 is 0 Å². The van der Waals surface area contributed by atoms with Crippen molar-refractivity contribution in [3.8, 4) is 0 Å². The van der Waals surface area contributed by atoms with Crippen LogP contribution in [0.2, 0.25) is 0 Å². The molecule has 0 aromatic heterocycles. The number of aryl methyl sites for hydroxylation is 1. The third-order valence-corrected chi connectivity index (χ3v) is 6.39. The van der Waals surface area contributed by atoms with Crippen molar-refractivity contribution in [2.45, 2.75) is 13.3 Å². The number of nitrogens with zero attached hydrogens (tertiary/aromatic N) is 3. The summed E-state index contributed by atoms with van der Waals surface area (Å²) in [7, 11) is 0. The summed E-state index contributed by atoms with van der Waals surface area (Å²) >= 11 is 0. The molecule has 0 spiro atoms. The summed E-state index contributed by atoms with van der Waals surface area (Å²) in [5.74, 6) is 0.374. The van der Waals surface area contributed by atoms with E-state index in [0.29, 0.717) is 23.0 Å². The molecule has 1 heterocycles. The number of nitro groups is 1. The lowest BCUT2D eigenvalue weighted by molar-refractivity contribution is -0.385. The van der Waals surface area contributed by atoms with Gasteiger partial charge in [-0.2, -0.15) is 10.1 Å². The number of amides is 2. The summed E-state index contributed by atoms with van der Waals surface area (Å²) in [6, 6.07) is 4.71. The Morgan fingerprint density at radius 3 is 2.35 bits per heavy atom. The Hall–Kier alpha value is -2.83. The van der Waals surface area contributed by atoms with Crippen LogP contribution < -0.4 is 0 Å². The van der Waals surface area contributed by atoms with Crippen LogP contribution >= 0.6 is 0 Å². The number of carbonyl (C=O) groups excluding carboxylic acids is 2. The van der Waals surface area contributed by atoms with Crippen molar-refractivity contribution in [2.75, 3.05) is 0 Å². The van der Waals surface area contributed by atoms with Gasteiger partial charge in [0, 0.05) is 17.2 Å². The van der Waals surface area contributed by atoms with E-state index in [4.69, 9.17) is 0 Å². The smallest absolute Gasteiger partial charge is 0.272 e. The van der Waals surface area contributed by atoms with Crippen LogP contribution in [0.4, 0.5) is 5.69 Å². The van der Waals surface area contributed by atoms with Crippen molar-refractivity contribution in [1.29, 1.82) is 0 Å². The Morgan fingerprint density at radius 1 is 1.15 bits per heavy atom. The molecule has 7 nitrogen and oxygen atoms in total. The average Bonchev–Trinajstić information content (AvgIpc) is 3.40. The van der Waals surface area contributed by atoms with Crippen molar-refractivity contribution in [3.63, 3.8) is 0 Å². The van der Waals surface area contributed by atoms with Crippen LogP contribution in [0, 0.1) is 52.5 Å². The number of rotatable bonds is 3. The Bertz CT molecular complexity index is 885. The monoisotopic (exact) mass is 351 g/mol. The molecule has 2 amide bonds. The molecule has 1 aromatic carbocycles. The zero-order valence-corrected chi connectivity index (χ0v) is 14.1. The largest absolute Gasteiger partial charge is 0.272 e. The van der Waals surface area contributed by atoms with Gasteiger partial charge in [-0.3, -0.25) is 19.7 Å². The van der Waals surface area contributed by atoms with Gasteiger partial charge in [0.2, 0.25) is 0 Å². The molecule has 1 saturated heterocycles. The molecule has 3 fully saturated rings. The Kier molecular flexibility index (Phi) is 3.02. The lowest BCUT2D eigenvalue weighted by Crippen LogP contribution is -2.40. The van der Waals surface area contributed by atoms with Crippen LogP contribution in [0.15, 0.2) is 35.5 Å². The molecule has 1 aliphatic heterocycles. The maximum Gasteiger partial charge on any atom is 0.272 e. The van der Waals surface area contributed by atoms with Gasteiger partial charge in [-0.25, -0.2) is 0 Å². The first-order valence-electron chi connectivity index (χ1n) is 8.82. The number of benzene rings is 1. The van der Waals surface area contributed by atoms with E-state index in [1.165, 1.54) is 12.3 Å². The van der Waals surface area contributed by atoms with Crippen LogP contribution in [0.5, 0.6) is 0 Å². The highest BCUT2D eigenvalue weighted by atomic mass is 16.6. The van der Waals surface area contributed by atoms with Gasteiger partial charge in [-0.05, 0) is 37.0 Å². The van der Waals surface area contributed by atoms with Gasteiger partial charge in [0.05, 0.1) is 23.0 Å². The van der Waals surface area contributed by atoms with E-state index in [9.17, 15) is 19.7 Å². The molecule has 0 unspecified atom stereocenters. The lowest BCUT2D eigenvalue weighted by atomic mass is 9.63. The minimum atomic E-state index is -0.455. The number of hydrogen-bond acceptors (Lipinski definition) is 5. The van der Waals surface area contributed by atoms with E-state index in [2.05, 4.69) is 17.3 Å². The first-order valence-corrected chi connectivity index (χ1v) is 8.82. The topological polar surface area (TPSA) is 92.9 Å². The molecule has 5 aliphatic rings. The van der Waals surface area contributed by atoms with Crippen LogP contribution in [-0.2, 0) is 9.59 Å². The summed E-state index contributed by atoms with van der Waals surface area (Å²) in [6.45, 7) is 1.66. The van der Waals surface area contributed by atoms with E-state index in [0.717, 1.165) is 11.4 Å². The first kappa shape index (κ1) is 15.4. The molecule has 6 rings (SSSR count). The second-order valence-corrected chi connectivity index (χ2v) is 7.69. The number of hydrazone groups is 1. The third kappa shape index (κ3) is 1.97. The molecule has 26 heavy (non-hydrogen) atoms. The Labute approximate surface area is 149 Å². The van der Waals surface area contributed by atoms with Crippen molar-refractivity contribution in [1.82, 2.24) is 5.01 Å². The van der Waals surface area contributed by atoms with Crippen molar-refractivity contribution in [3.05, 3.63) is 51.6 Å². The summed E-state index contributed by atoms with van der Waals surface area (Å²) in [5, 5.41) is 16.1. The van der Waals surface area contributed by atoms with E-state index < -0.39 is 4.92 Å². The Morgan fingerprint density at radius 2 is 1.77 bits per heavy atom. The molecule has 4 aliphatic carbocycles. The zero-order chi connectivity index (χ0) is 18.2. The summed E-state index contributed by atoms with van der Waals surface area (Å²) in [4.78, 5) is 36.2. The van der Waals surface area contributed by atoms with Gasteiger partial charge in [0.25, 0.3) is 17.5 Å². The van der Waals surface area contributed by atoms with E-state index in [1.54, 1.807) is 19.1 Å². The summed E-state index contributed by atoms with van der Waals surface area (Å²) in [6.07, 6.45) is 6.70. The number of imide groups is 1. The lowest BCUT2D eigenvalue weighted by Gasteiger charge is -2.37. The van der Waals surface area contributed by atoms with Gasteiger partial charge in [0.15, 0.2) is 0 Å². The average molecular weight is 351 g/mol. The molecule has 0 N–H and O–H groups in total. The molecule has 7 heteroatoms. The normalized spacial score (nSPS) is 36.6. The molecule has 1 aromatic rings. The Balaban J connectivity index is 1.43. The fourth-order valence-corrected chi connectivity index (χ4v) is 5.08. The van der Waals surface area contributed by atoms with E-state index in [-0.39, 0.29) is 41.2 Å². The SMILES string of the molecule is Cc1ccc(/C=N\N2C(=O)[C@H]3[C@@H]4C=C[C@H]([C@H]5C[C@H]45)[C@@H]3C2=O)cc1[N+](=O)[O-]. The molecule has 6 atom stereocenters. The minimum Gasteiger partial charge on any atom is -0.272 e. The molecule has 2 saturated carbocycles. The second-order valence-electron chi connectivity index (χ2n) is 7.69. The highest BCUT2D eigenvalue weighted by Crippen LogP contribution is 2.65. The molecule has 132 valence electrons. The molecule has 2 bridgehead atoms. The van der Waals surface area contributed by atoms with Crippen LogP contribution in [-0.4, -0.2) is 28.0 Å². The van der Waals surface area contributed by atoms with Crippen molar-refractivity contribution < 1.29 is 14.5 Å². The van der Waals surface area contributed by atoms with Crippen LogP contribution in [0.25, 0.3) is 0 Å². The highest BCUT2D eigenvalue weighted by molar-refractivity contribution is 6.06. The first-order chi connectivity index (χ1) is 12.5. The van der Waals surface area contributed by atoms with Gasteiger partial charge in [-0.15, -0.1) is 0 Å². The van der Waals surface area contributed by atoms with E-state index in [1.807, 2.05) is 0 Å². The molecular formula is C19H17N3O4. The minimum absolute atomic E-state index is 0.0102. The number of hydrogen-bond donors (Lipinski definition) is 0. The van der Waals surface area contributed by atoms with Gasteiger partial charge >= 0.3 is 0 Å². The number of nitro benzene ring substituents is 1. The van der Waals surface area contributed by atoms with Crippen LogP contribution in [0.1, 0.15) is 17.5 Å². The standard InChI is InChI=1S/C19H17N3O4/c1-9-2-3-10(6-15(9)22(25)26)8-20-21-18(23)16-11-4-5-12(14-7-13(11)14)17(16)19(21)24/h2-6,8,11-14,16-17H,7H2,1H3/b20-8-/t11-,12-,13-,14-,16+,17+/m1/s1. The quantitative estimate of drug-likeness (QED) is 0.275. The predicted octanol–water partition coefficient (Wildman–Crippen LogP) is 2.29. The van der Waals surface area contributed by atoms with Gasteiger partial charge in [-0.1, -0.05) is 24.3 Å². The highest BCUT2D eigenvalue weighted by Gasteiger charge is 2.67. The maximum atomic E-state index is 12.8. The number of allylic oxidation sites excluding steroid dienone is 2. The third-order valence-electron chi connectivity index (χ3n) is 6.39. The van der Waals surface area contributed by atoms with Crippen molar-refractivity contribution >= 4 is 23.7 Å². The summed E-state index contributed by atoms with van der Waals surface area (Å²) < 4.78 is 0. The predicted molar refractivity (Wildman–Crippen MR) is 92.0 cm³/mol. The second kappa shape index (κ2) is 5.09. The number of carbonyl (C=O) groups is 2. The zero-order valence-electron chi connectivity index (χ0n) is 14.1. The molecule has 0 radical (unpaired) electrons. The van der Waals surface area contributed by atoms with Gasteiger partial charge < -0.3 is 0 Å².